The molecule has 1 aromatic rings. The minimum atomic E-state index is -0.584. The molecule has 0 amide bonds. The predicted molar refractivity (Wildman–Crippen MR) is 42.5 cm³/mol. The molecule has 0 radical (unpaired) electrons. The van der Waals surface area contributed by atoms with Gasteiger partial charge in [0, 0.05) is 0 Å². The first kappa shape index (κ1) is 7.92. The summed E-state index contributed by atoms with van der Waals surface area (Å²) >= 11 is 0. The van der Waals surface area contributed by atoms with Crippen molar-refractivity contribution in [3.63, 3.8) is 0 Å². The van der Waals surface area contributed by atoms with Crippen molar-refractivity contribution in [3.8, 4) is 6.07 Å². The Bertz CT molecular complexity index is 358. The molecule has 1 saturated carbocycles. The minimum Gasteiger partial charge on any atom is -0.296 e. The van der Waals surface area contributed by atoms with E-state index in [4.69, 9.17) is 5.26 Å². The second-order valence-electron chi connectivity index (χ2n) is 3.11. The smallest absolute Gasteiger partial charge is 0.176 e. The average Bonchev–Trinajstić information content (AvgIpc) is 2.76. The van der Waals surface area contributed by atoms with Crippen molar-refractivity contribution in [1.29, 1.82) is 5.26 Å². The molecule has 1 heterocycles. The number of hydrogen-bond donors (Lipinski definition) is 0. The van der Waals surface area contributed by atoms with Gasteiger partial charge < -0.3 is 0 Å². The van der Waals surface area contributed by atoms with E-state index < -0.39 is 5.54 Å². The van der Waals surface area contributed by atoms with Crippen LogP contribution < -0.4 is 0 Å². The molecule has 0 unspecified atom stereocenters. The van der Waals surface area contributed by atoms with Crippen LogP contribution in [0.2, 0.25) is 0 Å². The maximum Gasteiger partial charge on any atom is 0.176 e. The lowest BCUT2D eigenvalue weighted by Crippen LogP contribution is -2.29. The molecule has 0 bridgehead atoms. The van der Waals surface area contributed by atoms with Crippen LogP contribution in [-0.4, -0.2) is 20.8 Å². The van der Waals surface area contributed by atoms with Gasteiger partial charge in [-0.25, -0.2) is 0 Å². The number of nitriles is 1. The summed E-state index contributed by atoms with van der Waals surface area (Å²) in [5.41, 5.74) is -0.584. The number of rotatable bonds is 3. The van der Waals surface area contributed by atoms with Gasteiger partial charge in [0.1, 0.15) is 5.54 Å². The van der Waals surface area contributed by atoms with Gasteiger partial charge in [-0.05, 0) is 12.8 Å². The Labute approximate surface area is 75.0 Å². The number of hydrogen-bond acceptors (Lipinski definition) is 4. The Morgan fingerprint density at radius 1 is 1.54 bits per heavy atom. The fourth-order valence-electron chi connectivity index (χ4n) is 1.38. The highest BCUT2D eigenvalue weighted by atomic mass is 16.1. The van der Waals surface area contributed by atoms with Gasteiger partial charge in [-0.1, -0.05) is 0 Å². The lowest BCUT2D eigenvalue weighted by Gasteiger charge is -2.09. The van der Waals surface area contributed by atoms with Crippen molar-refractivity contribution in [1.82, 2.24) is 15.0 Å². The van der Waals surface area contributed by atoms with Gasteiger partial charge in [0.25, 0.3) is 0 Å². The maximum atomic E-state index is 11.5. The van der Waals surface area contributed by atoms with Crippen LogP contribution >= 0.6 is 0 Å². The van der Waals surface area contributed by atoms with Crippen LogP contribution in [0.4, 0.5) is 0 Å². The fourth-order valence-corrected chi connectivity index (χ4v) is 1.38. The van der Waals surface area contributed by atoms with Gasteiger partial charge in [-0.15, -0.1) is 0 Å². The zero-order chi connectivity index (χ0) is 9.31. The Hall–Kier alpha value is -1.70. The fraction of sp³-hybridized carbons (Fsp3) is 0.500. The molecule has 13 heavy (non-hydrogen) atoms. The molecule has 1 fully saturated rings. The number of carbonyl (C=O) groups is 1. The summed E-state index contributed by atoms with van der Waals surface area (Å²) in [4.78, 5) is 12.9. The van der Waals surface area contributed by atoms with Gasteiger partial charge in [0.15, 0.2) is 5.78 Å². The van der Waals surface area contributed by atoms with E-state index >= 15 is 0 Å². The monoisotopic (exact) mass is 176 g/mol. The first-order valence-corrected chi connectivity index (χ1v) is 4.07. The molecule has 5 nitrogen and oxygen atoms in total. The molecule has 0 atom stereocenters. The van der Waals surface area contributed by atoms with Crippen LogP contribution in [0.25, 0.3) is 0 Å². The molecular weight excluding hydrogens is 168 g/mol. The van der Waals surface area contributed by atoms with E-state index in [-0.39, 0.29) is 12.2 Å². The van der Waals surface area contributed by atoms with E-state index in [1.807, 2.05) is 6.07 Å². The summed E-state index contributed by atoms with van der Waals surface area (Å²) in [5, 5.41) is 16.3. The molecule has 2 rings (SSSR count). The van der Waals surface area contributed by atoms with Crippen LogP contribution in [0.15, 0.2) is 12.4 Å². The van der Waals surface area contributed by atoms with Gasteiger partial charge in [-0.3, -0.25) is 4.79 Å². The highest BCUT2D eigenvalue weighted by Crippen LogP contribution is 2.43. The summed E-state index contributed by atoms with van der Waals surface area (Å²) < 4.78 is 0. The summed E-state index contributed by atoms with van der Waals surface area (Å²) in [7, 11) is 0. The molecule has 5 heteroatoms. The Balaban J connectivity index is 2.23. The van der Waals surface area contributed by atoms with Crippen molar-refractivity contribution in [2.24, 2.45) is 0 Å². The zero-order valence-electron chi connectivity index (χ0n) is 6.97. The van der Waals surface area contributed by atoms with Crippen LogP contribution in [0.1, 0.15) is 19.3 Å². The van der Waals surface area contributed by atoms with Crippen molar-refractivity contribution < 1.29 is 4.79 Å². The first-order valence-electron chi connectivity index (χ1n) is 4.07. The minimum absolute atomic E-state index is 0.0540. The molecule has 1 aliphatic rings. The average molecular weight is 176 g/mol. The van der Waals surface area contributed by atoms with Gasteiger partial charge in [0.05, 0.1) is 24.9 Å². The molecule has 1 aromatic heterocycles. The number of Topliss-reactive ketones (excluding diaryl/α,β-unsaturated/α-hetero) is 1. The molecule has 0 aromatic carbocycles. The third-order valence-corrected chi connectivity index (χ3v) is 2.28. The standard InChI is InChI=1S/C8H8N4O/c9-4-1-7(13)8(2-3-8)12-10-5-6-11-12/h5-6H,1-3H2. The van der Waals surface area contributed by atoms with Crippen LogP contribution in [0.3, 0.4) is 0 Å². The predicted octanol–water partition coefficient (Wildman–Crippen LogP) is 0.250. The van der Waals surface area contributed by atoms with E-state index in [0.29, 0.717) is 0 Å². The van der Waals surface area contributed by atoms with E-state index in [9.17, 15) is 4.79 Å². The van der Waals surface area contributed by atoms with E-state index in [1.54, 1.807) is 12.4 Å². The van der Waals surface area contributed by atoms with Crippen LogP contribution in [0, 0.1) is 11.3 Å². The lowest BCUT2D eigenvalue weighted by molar-refractivity contribution is -0.123. The summed E-state index contributed by atoms with van der Waals surface area (Å²) in [6.07, 6.45) is 4.53. The quantitative estimate of drug-likeness (QED) is 0.661. The Morgan fingerprint density at radius 3 is 2.62 bits per heavy atom. The van der Waals surface area contributed by atoms with Crippen molar-refractivity contribution >= 4 is 5.78 Å². The highest BCUT2D eigenvalue weighted by Gasteiger charge is 2.52. The molecule has 0 N–H and O–H groups in total. The number of carbonyl (C=O) groups excluding carboxylic acids is 1. The molecule has 0 saturated heterocycles. The molecule has 0 spiro atoms. The highest BCUT2D eigenvalue weighted by molar-refractivity contribution is 5.90. The third kappa shape index (κ3) is 1.11. The Morgan fingerprint density at radius 2 is 2.15 bits per heavy atom. The summed E-state index contributed by atoms with van der Waals surface area (Å²) in [6.45, 7) is 0. The topological polar surface area (TPSA) is 71.6 Å². The van der Waals surface area contributed by atoms with Gasteiger partial charge in [0.2, 0.25) is 0 Å². The van der Waals surface area contributed by atoms with Gasteiger partial charge in [-0.2, -0.15) is 20.3 Å². The maximum absolute atomic E-state index is 11.5. The molecule has 0 aliphatic heterocycles. The van der Waals surface area contributed by atoms with Crippen molar-refractivity contribution in [2.75, 3.05) is 0 Å². The second-order valence-corrected chi connectivity index (χ2v) is 3.11. The first-order chi connectivity index (χ1) is 6.29. The van der Waals surface area contributed by atoms with E-state index in [1.165, 1.54) is 4.80 Å². The Kier molecular flexibility index (Phi) is 1.62. The van der Waals surface area contributed by atoms with E-state index in [0.717, 1.165) is 12.8 Å². The normalized spacial score (nSPS) is 17.8. The SMILES string of the molecule is N#CCC(=O)C1(n2nccn2)CC1. The molecular formula is C8H8N4O. The van der Waals surface area contributed by atoms with Gasteiger partial charge >= 0.3 is 0 Å². The number of ketones is 1. The van der Waals surface area contributed by atoms with Crippen molar-refractivity contribution in [3.05, 3.63) is 12.4 Å². The van der Waals surface area contributed by atoms with Crippen LogP contribution in [-0.2, 0) is 10.3 Å². The zero-order valence-corrected chi connectivity index (χ0v) is 6.97. The van der Waals surface area contributed by atoms with Crippen LogP contribution in [0.5, 0.6) is 0 Å². The number of nitrogens with zero attached hydrogens (tertiary/aromatic N) is 4. The van der Waals surface area contributed by atoms with Crippen molar-refractivity contribution in [2.45, 2.75) is 24.8 Å². The summed E-state index contributed by atoms with van der Waals surface area (Å²) in [6, 6.07) is 1.86. The number of aromatic nitrogens is 3. The summed E-state index contributed by atoms with van der Waals surface area (Å²) in [5.74, 6) is -0.0776. The molecule has 1 aliphatic carbocycles. The molecule has 66 valence electrons. The van der Waals surface area contributed by atoms with E-state index in [2.05, 4.69) is 10.2 Å². The largest absolute Gasteiger partial charge is 0.296 e. The second kappa shape index (κ2) is 2.66. The third-order valence-electron chi connectivity index (χ3n) is 2.28. The lowest BCUT2D eigenvalue weighted by atomic mass is 10.1.